The number of para-hydroxylation sites is 2. The van der Waals surface area contributed by atoms with Gasteiger partial charge in [-0.3, -0.25) is 9.52 Å². The number of ether oxygens (including phenoxy) is 2. The number of sulfonamides is 1. The minimum absolute atomic E-state index is 0.0811. The predicted octanol–water partition coefficient (Wildman–Crippen LogP) is 4.47. The number of rotatable bonds is 6. The van der Waals surface area contributed by atoms with E-state index in [9.17, 15) is 13.2 Å². The normalized spacial score (nSPS) is 14.1. The molecule has 2 heterocycles. The third-order valence-electron chi connectivity index (χ3n) is 5.61. The third-order valence-corrected chi connectivity index (χ3v) is 6.96. The van der Waals surface area contributed by atoms with Crippen LogP contribution in [0.5, 0.6) is 11.6 Å². The number of benzene rings is 2. The highest BCUT2D eigenvalue weighted by atomic mass is 32.2. The summed E-state index contributed by atoms with van der Waals surface area (Å²) < 4.78 is 40.3. The van der Waals surface area contributed by atoms with Crippen LogP contribution in [0, 0.1) is 13.8 Å². The Balaban J connectivity index is 1.65. The van der Waals surface area contributed by atoms with Crippen LogP contribution in [0.2, 0.25) is 0 Å². The first-order valence-electron chi connectivity index (χ1n) is 10.8. The smallest absolute Gasteiger partial charge is 0.267 e. The van der Waals surface area contributed by atoms with E-state index in [-0.39, 0.29) is 16.5 Å². The van der Waals surface area contributed by atoms with Crippen LogP contribution < -0.4 is 19.5 Å². The van der Waals surface area contributed by atoms with E-state index in [0.29, 0.717) is 23.4 Å². The van der Waals surface area contributed by atoms with E-state index >= 15 is 0 Å². The minimum Gasteiger partial charge on any atom is -0.486 e. The van der Waals surface area contributed by atoms with Gasteiger partial charge >= 0.3 is 0 Å². The highest BCUT2D eigenvalue weighted by molar-refractivity contribution is 7.92. The number of carbonyl (C=O) groups excluding carboxylic acids is 1. The number of aryl methyl sites for hydroxylation is 2. The van der Waals surface area contributed by atoms with Gasteiger partial charge in [-0.2, -0.15) is 0 Å². The molecule has 0 aliphatic carbocycles. The summed E-state index contributed by atoms with van der Waals surface area (Å²) in [6.45, 7) is 7.56. The molecule has 0 atom stereocenters. The number of anilines is 2. The Hall–Kier alpha value is -3.59. The second-order valence-electron chi connectivity index (χ2n) is 8.89. The summed E-state index contributed by atoms with van der Waals surface area (Å²) in [4.78, 5) is 17.0. The van der Waals surface area contributed by atoms with Crippen molar-refractivity contribution in [3.8, 4) is 11.6 Å². The molecule has 9 heteroatoms. The van der Waals surface area contributed by atoms with E-state index in [1.54, 1.807) is 12.1 Å². The number of carbonyl (C=O) groups is 1. The summed E-state index contributed by atoms with van der Waals surface area (Å²) >= 11 is 0. The summed E-state index contributed by atoms with van der Waals surface area (Å²) in [5, 5.41) is 2.74. The van der Waals surface area contributed by atoms with Crippen molar-refractivity contribution in [1.82, 2.24) is 4.98 Å². The highest BCUT2D eigenvalue weighted by Gasteiger charge is 2.33. The molecule has 0 saturated carbocycles. The number of aromatic nitrogens is 1. The largest absolute Gasteiger partial charge is 0.486 e. The number of pyridine rings is 1. The lowest BCUT2D eigenvalue weighted by Gasteiger charge is -2.18. The summed E-state index contributed by atoms with van der Waals surface area (Å²) in [6.07, 6.45) is 2.04. The maximum absolute atomic E-state index is 13.3. The van der Waals surface area contributed by atoms with Crippen molar-refractivity contribution in [2.24, 2.45) is 0 Å². The minimum atomic E-state index is -4.06. The van der Waals surface area contributed by atoms with E-state index < -0.39 is 21.5 Å². The molecule has 0 unspecified atom stereocenters. The van der Waals surface area contributed by atoms with Crippen LogP contribution in [-0.2, 0) is 16.4 Å². The fourth-order valence-electron chi connectivity index (χ4n) is 4.00. The van der Waals surface area contributed by atoms with Gasteiger partial charge < -0.3 is 14.8 Å². The molecule has 3 aromatic rings. The van der Waals surface area contributed by atoms with Crippen molar-refractivity contribution in [3.63, 3.8) is 0 Å². The molecule has 1 aliphatic heterocycles. The van der Waals surface area contributed by atoms with Gasteiger partial charge in [0.15, 0.2) is 4.90 Å². The van der Waals surface area contributed by atoms with Crippen molar-refractivity contribution >= 4 is 27.3 Å². The number of hydrogen-bond acceptors (Lipinski definition) is 6. The molecule has 0 bridgehead atoms. The second kappa shape index (κ2) is 8.64. The number of methoxy groups -OCH3 is 1. The van der Waals surface area contributed by atoms with Crippen LogP contribution in [0.3, 0.4) is 0 Å². The van der Waals surface area contributed by atoms with Crippen LogP contribution in [0.4, 0.5) is 11.4 Å². The zero-order chi connectivity index (χ0) is 24.7. The number of hydrogen-bond donors (Lipinski definition) is 2. The number of fused-ring (bicyclic) bond motifs is 1. The van der Waals surface area contributed by atoms with Gasteiger partial charge in [0.2, 0.25) is 5.88 Å². The average molecular weight is 482 g/mol. The topological polar surface area (TPSA) is 107 Å². The van der Waals surface area contributed by atoms with E-state index in [4.69, 9.17) is 9.47 Å². The van der Waals surface area contributed by atoms with Crippen molar-refractivity contribution in [2.75, 3.05) is 17.1 Å². The second-order valence-corrected chi connectivity index (χ2v) is 10.5. The Labute approximate surface area is 199 Å². The van der Waals surface area contributed by atoms with Gasteiger partial charge in [-0.05, 0) is 56.5 Å². The van der Waals surface area contributed by atoms with Gasteiger partial charge in [0.25, 0.3) is 15.9 Å². The molecule has 0 spiro atoms. The average Bonchev–Trinajstić information content (AvgIpc) is 3.10. The van der Waals surface area contributed by atoms with Crippen LogP contribution in [0.1, 0.15) is 40.9 Å². The molecule has 1 aromatic heterocycles. The molecule has 0 radical (unpaired) electrons. The first kappa shape index (κ1) is 23.6. The van der Waals surface area contributed by atoms with Crippen molar-refractivity contribution in [1.29, 1.82) is 0 Å². The standard InChI is InChI=1S/C25H27N3O5S/c1-15-8-6-9-16(2)21(15)28-34(30,31)20-12-18(14-26-24(20)32-5)27-23(29)19-11-7-10-17-13-25(3,4)33-22(17)19/h6-12,14,28H,13H2,1-5H3,(H,27,29). The lowest BCUT2D eigenvalue weighted by Crippen LogP contribution is -2.25. The quantitative estimate of drug-likeness (QED) is 0.538. The third kappa shape index (κ3) is 4.56. The van der Waals surface area contributed by atoms with Gasteiger partial charge in [-0.25, -0.2) is 13.4 Å². The molecule has 34 heavy (non-hydrogen) atoms. The summed E-state index contributed by atoms with van der Waals surface area (Å²) in [5.74, 6) is 0.0333. The zero-order valence-electron chi connectivity index (χ0n) is 19.7. The Morgan fingerprint density at radius 3 is 2.47 bits per heavy atom. The molecule has 0 fully saturated rings. The van der Waals surface area contributed by atoms with Crippen LogP contribution >= 0.6 is 0 Å². The monoisotopic (exact) mass is 481 g/mol. The fraction of sp³-hybridized carbons (Fsp3) is 0.280. The number of nitrogens with one attached hydrogen (secondary N) is 2. The van der Waals surface area contributed by atoms with Gasteiger partial charge in [0.1, 0.15) is 11.4 Å². The van der Waals surface area contributed by atoms with Crippen LogP contribution in [0.25, 0.3) is 0 Å². The SMILES string of the molecule is COc1ncc(NC(=O)c2cccc3c2OC(C)(C)C3)cc1S(=O)(=O)Nc1c(C)cccc1C. The van der Waals surface area contributed by atoms with Crippen LogP contribution in [-0.4, -0.2) is 32.0 Å². The molecule has 2 N–H and O–H groups in total. The molecule has 1 amide bonds. The molecular weight excluding hydrogens is 454 g/mol. The summed E-state index contributed by atoms with van der Waals surface area (Å²) in [7, 11) is -2.72. The summed E-state index contributed by atoms with van der Waals surface area (Å²) in [5.41, 5.74) is 3.17. The zero-order valence-corrected chi connectivity index (χ0v) is 20.5. The maximum atomic E-state index is 13.3. The lowest BCUT2D eigenvalue weighted by atomic mass is 10.0. The molecule has 2 aromatic carbocycles. The Morgan fingerprint density at radius 1 is 1.12 bits per heavy atom. The van der Waals surface area contributed by atoms with Crippen LogP contribution in [0.15, 0.2) is 53.6 Å². The molecule has 0 saturated heterocycles. The maximum Gasteiger partial charge on any atom is 0.267 e. The van der Waals surface area contributed by atoms with Gasteiger partial charge in [0.05, 0.1) is 30.2 Å². The predicted molar refractivity (Wildman–Crippen MR) is 130 cm³/mol. The highest BCUT2D eigenvalue weighted by Crippen LogP contribution is 2.38. The Morgan fingerprint density at radius 2 is 1.79 bits per heavy atom. The molecule has 4 rings (SSSR count). The molecule has 8 nitrogen and oxygen atoms in total. The van der Waals surface area contributed by atoms with E-state index in [1.807, 2.05) is 52.0 Å². The lowest BCUT2D eigenvalue weighted by molar-refractivity contribution is 0.101. The van der Waals surface area contributed by atoms with Gasteiger partial charge in [0, 0.05) is 6.42 Å². The van der Waals surface area contributed by atoms with Gasteiger partial charge in [-0.1, -0.05) is 30.3 Å². The van der Waals surface area contributed by atoms with E-state index in [2.05, 4.69) is 15.0 Å². The number of amides is 1. The Kier molecular flexibility index (Phi) is 5.99. The number of nitrogens with zero attached hydrogens (tertiary/aromatic N) is 1. The van der Waals surface area contributed by atoms with Crippen molar-refractivity contribution in [2.45, 2.75) is 44.6 Å². The fourth-order valence-corrected chi connectivity index (χ4v) is 5.35. The van der Waals surface area contributed by atoms with Gasteiger partial charge in [-0.15, -0.1) is 0 Å². The first-order chi connectivity index (χ1) is 16.0. The molecular formula is C25H27N3O5S. The van der Waals surface area contributed by atoms with E-state index in [0.717, 1.165) is 16.7 Å². The van der Waals surface area contributed by atoms with E-state index in [1.165, 1.54) is 19.4 Å². The Bertz CT molecular complexity index is 1360. The van der Waals surface area contributed by atoms with Crippen molar-refractivity contribution in [3.05, 3.63) is 70.9 Å². The molecule has 178 valence electrons. The first-order valence-corrected chi connectivity index (χ1v) is 12.2. The molecule has 1 aliphatic rings. The van der Waals surface area contributed by atoms with Crippen molar-refractivity contribution < 1.29 is 22.7 Å². The summed E-state index contributed by atoms with van der Waals surface area (Å²) in [6, 6.07) is 12.2.